The van der Waals surface area contributed by atoms with Crippen molar-refractivity contribution in [3.63, 3.8) is 0 Å². The van der Waals surface area contributed by atoms with Crippen LogP contribution in [0, 0.1) is 10.1 Å². The minimum atomic E-state index is -0.534. The van der Waals surface area contributed by atoms with Gasteiger partial charge in [0.05, 0.1) is 9.40 Å². The third-order valence-corrected chi connectivity index (χ3v) is 3.38. The SMILES string of the molecule is CCC(CCO)NC(=O)Nc1ccc(Br)c([N+](=O)[O-])c1. The van der Waals surface area contributed by atoms with Gasteiger partial charge < -0.3 is 15.7 Å². The van der Waals surface area contributed by atoms with Gasteiger partial charge in [-0.2, -0.15) is 0 Å². The van der Waals surface area contributed by atoms with Gasteiger partial charge in [-0.05, 0) is 40.9 Å². The third-order valence-electron chi connectivity index (χ3n) is 2.71. The number of nitrogens with zero attached hydrogens (tertiary/aromatic N) is 1. The van der Waals surface area contributed by atoms with E-state index >= 15 is 0 Å². The summed E-state index contributed by atoms with van der Waals surface area (Å²) in [7, 11) is 0. The van der Waals surface area contributed by atoms with Crippen LogP contribution in [0.15, 0.2) is 22.7 Å². The quantitative estimate of drug-likeness (QED) is 0.544. The van der Waals surface area contributed by atoms with Gasteiger partial charge in [0.25, 0.3) is 5.69 Å². The van der Waals surface area contributed by atoms with Crippen molar-refractivity contribution in [1.82, 2.24) is 5.32 Å². The van der Waals surface area contributed by atoms with E-state index in [9.17, 15) is 14.9 Å². The van der Waals surface area contributed by atoms with Crippen LogP contribution in [-0.4, -0.2) is 28.7 Å². The molecule has 0 heterocycles. The van der Waals surface area contributed by atoms with Gasteiger partial charge in [0.15, 0.2) is 0 Å². The second-order valence-corrected chi connectivity index (χ2v) is 4.99. The molecule has 8 heteroatoms. The Bertz CT molecular complexity index is 496. The zero-order chi connectivity index (χ0) is 15.1. The first kappa shape index (κ1) is 16.4. The molecular formula is C12H16BrN3O4. The van der Waals surface area contributed by atoms with E-state index in [4.69, 9.17) is 5.11 Å². The van der Waals surface area contributed by atoms with E-state index in [0.717, 1.165) is 0 Å². The second-order valence-electron chi connectivity index (χ2n) is 4.14. The molecule has 0 aromatic heterocycles. The number of nitro groups is 1. The maximum atomic E-state index is 11.7. The number of aliphatic hydroxyl groups excluding tert-OH is 1. The molecule has 0 fully saturated rings. The number of rotatable bonds is 6. The van der Waals surface area contributed by atoms with Gasteiger partial charge in [0, 0.05) is 24.4 Å². The van der Waals surface area contributed by atoms with Crippen LogP contribution in [0.25, 0.3) is 0 Å². The number of amides is 2. The van der Waals surface area contributed by atoms with E-state index in [1.54, 1.807) is 6.07 Å². The van der Waals surface area contributed by atoms with Crippen LogP contribution in [0.4, 0.5) is 16.2 Å². The lowest BCUT2D eigenvalue weighted by molar-refractivity contribution is -0.385. The van der Waals surface area contributed by atoms with Crippen LogP contribution in [0.2, 0.25) is 0 Å². The highest BCUT2D eigenvalue weighted by molar-refractivity contribution is 9.10. The van der Waals surface area contributed by atoms with Gasteiger partial charge in [-0.3, -0.25) is 10.1 Å². The van der Waals surface area contributed by atoms with Crippen LogP contribution in [0.3, 0.4) is 0 Å². The number of anilines is 1. The summed E-state index contributed by atoms with van der Waals surface area (Å²) in [6, 6.07) is 3.74. The molecule has 2 amide bonds. The Morgan fingerprint density at radius 2 is 2.25 bits per heavy atom. The van der Waals surface area contributed by atoms with Crippen LogP contribution in [-0.2, 0) is 0 Å². The predicted octanol–water partition coefficient (Wildman–Crippen LogP) is 2.64. The number of nitro benzene ring substituents is 1. The van der Waals surface area contributed by atoms with Crippen molar-refractivity contribution >= 4 is 33.3 Å². The summed E-state index contributed by atoms with van der Waals surface area (Å²) < 4.78 is 0.347. The number of halogens is 1. The van der Waals surface area contributed by atoms with Crippen molar-refractivity contribution in [1.29, 1.82) is 0 Å². The summed E-state index contributed by atoms with van der Waals surface area (Å²) in [4.78, 5) is 22.0. The van der Waals surface area contributed by atoms with E-state index in [-0.39, 0.29) is 18.3 Å². The maximum Gasteiger partial charge on any atom is 0.319 e. The number of hydrogen-bond donors (Lipinski definition) is 3. The lowest BCUT2D eigenvalue weighted by atomic mass is 10.2. The largest absolute Gasteiger partial charge is 0.396 e. The number of nitrogens with one attached hydrogen (secondary N) is 2. The standard InChI is InChI=1S/C12H16BrN3O4/c1-2-8(5-6-17)14-12(18)15-9-3-4-10(13)11(7-9)16(19)20/h3-4,7-8,17H,2,5-6H2,1H3,(H2,14,15,18). The molecule has 0 aliphatic rings. The number of aliphatic hydroxyl groups is 1. The van der Waals surface area contributed by atoms with Crippen molar-refractivity contribution in [3.05, 3.63) is 32.8 Å². The Morgan fingerprint density at radius 3 is 2.80 bits per heavy atom. The molecule has 110 valence electrons. The average molecular weight is 346 g/mol. The molecule has 20 heavy (non-hydrogen) atoms. The summed E-state index contributed by atoms with van der Waals surface area (Å²) in [5.74, 6) is 0. The number of hydrogen-bond acceptors (Lipinski definition) is 4. The first-order chi connectivity index (χ1) is 9.47. The highest BCUT2D eigenvalue weighted by Gasteiger charge is 2.14. The fraction of sp³-hybridized carbons (Fsp3) is 0.417. The summed E-state index contributed by atoms with van der Waals surface area (Å²) in [6.45, 7) is 1.88. The van der Waals surface area contributed by atoms with Gasteiger partial charge >= 0.3 is 6.03 Å². The van der Waals surface area contributed by atoms with Crippen LogP contribution >= 0.6 is 15.9 Å². The Hall–Kier alpha value is -1.67. The van der Waals surface area contributed by atoms with Crippen LogP contribution in [0.1, 0.15) is 19.8 Å². The molecule has 0 aliphatic carbocycles. The van der Waals surface area contributed by atoms with Crippen molar-refractivity contribution < 1.29 is 14.8 Å². The van der Waals surface area contributed by atoms with Crippen molar-refractivity contribution in [2.75, 3.05) is 11.9 Å². The van der Waals surface area contributed by atoms with Crippen LogP contribution < -0.4 is 10.6 Å². The average Bonchev–Trinajstić information content (AvgIpc) is 2.40. The van der Waals surface area contributed by atoms with E-state index < -0.39 is 11.0 Å². The van der Waals surface area contributed by atoms with Crippen LogP contribution in [0.5, 0.6) is 0 Å². The Morgan fingerprint density at radius 1 is 1.55 bits per heavy atom. The highest BCUT2D eigenvalue weighted by Crippen LogP contribution is 2.27. The van der Waals surface area contributed by atoms with Gasteiger partial charge in [0.2, 0.25) is 0 Å². The van der Waals surface area contributed by atoms with E-state index in [1.807, 2.05) is 6.92 Å². The predicted molar refractivity (Wildman–Crippen MR) is 78.7 cm³/mol. The lowest BCUT2D eigenvalue weighted by Crippen LogP contribution is -2.38. The molecule has 0 radical (unpaired) electrons. The Kier molecular flexibility index (Phi) is 6.40. The smallest absolute Gasteiger partial charge is 0.319 e. The van der Waals surface area contributed by atoms with E-state index in [2.05, 4.69) is 26.6 Å². The molecule has 1 aromatic rings. The molecule has 3 N–H and O–H groups in total. The lowest BCUT2D eigenvalue weighted by Gasteiger charge is -2.16. The van der Waals surface area contributed by atoms with E-state index in [1.165, 1.54) is 12.1 Å². The Balaban J connectivity index is 2.71. The first-order valence-electron chi connectivity index (χ1n) is 6.10. The molecule has 0 spiro atoms. The summed E-state index contributed by atoms with van der Waals surface area (Å²) in [5, 5.41) is 24.9. The maximum absolute atomic E-state index is 11.7. The second kappa shape index (κ2) is 7.81. The molecule has 1 rings (SSSR count). The third kappa shape index (κ3) is 4.78. The van der Waals surface area contributed by atoms with Gasteiger partial charge in [-0.1, -0.05) is 6.92 Å². The van der Waals surface area contributed by atoms with Gasteiger partial charge in [-0.25, -0.2) is 4.79 Å². The van der Waals surface area contributed by atoms with E-state index in [0.29, 0.717) is 23.0 Å². The number of carbonyl (C=O) groups excluding carboxylic acids is 1. The number of benzene rings is 1. The zero-order valence-corrected chi connectivity index (χ0v) is 12.5. The molecule has 0 aliphatic heterocycles. The van der Waals surface area contributed by atoms with Gasteiger partial charge in [-0.15, -0.1) is 0 Å². The molecular weight excluding hydrogens is 330 g/mol. The molecule has 1 atom stereocenters. The topological polar surface area (TPSA) is 104 Å². The summed E-state index contributed by atoms with van der Waals surface area (Å²) in [5.41, 5.74) is 0.210. The molecule has 0 bridgehead atoms. The van der Waals surface area contributed by atoms with Crippen molar-refractivity contribution in [2.24, 2.45) is 0 Å². The number of urea groups is 1. The first-order valence-corrected chi connectivity index (χ1v) is 6.89. The van der Waals surface area contributed by atoms with Crippen molar-refractivity contribution in [2.45, 2.75) is 25.8 Å². The molecule has 1 aromatic carbocycles. The highest BCUT2D eigenvalue weighted by atomic mass is 79.9. The normalized spacial score (nSPS) is 11.8. The molecule has 0 saturated heterocycles. The molecule has 1 unspecified atom stereocenters. The number of carbonyl (C=O) groups is 1. The summed E-state index contributed by atoms with van der Waals surface area (Å²) >= 11 is 3.07. The molecule has 7 nitrogen and oxygen atoms in total. The fourth-order valence-corrected chi connectivity index (χ4v) is 2.01. The molecule has 0 saturated carbocycles. The van der Waals surface area contributed by atoms with Gasteiger partial charge in [0.1, 0.15) is 0 Å². The Labute approximate surface area is 124 Å². The van der Waals surface area contributed by atoms with Crippen molar-refractivity contribution in [3.8, 4) is 0 Å². The summed E-state index contributed by atoms with van der Waals surface area (Å²) in [6.07, 6.45) is 1.15. The minimum absolute atomic E-state index is 0.0114. The zero-order valence-electron chi connectivity index (χ0n) is 10.9. The fourth-order valence-electron chi connectivity index (χ4n) is 1.62. The minimum Gasteiger partial charge on any atom is -0.396 e. The monoisotopic (exact) mass is 345 g/mol.